The van der Waals surface area contributed by atoms with Crippen LogP contribution >= 0.6 is 11.3 Å². The minimum atomic E-state index is -0.270. The SMILES string of the molecule is Cc1cc(F)cc(-c2nnc(N)s2)c1. The molecule has 0 saturated carbocycles. The molecule has 0 amide bonds. The third-order valence-corrected chi connectivity index (χ3v) is 2.53. The monoisotopic (exact) mass is 209 g/mol. The average Bonchev–Trinajstić information content (AvgIpc) is 2.50. The molecule has 0 radical (unpaired) electrons. The highest BCUT2D eigenvalue weighted by atomic mass is 32.1. The molecular formula is C9H8FN3S. The Morgan fingerprint density at radius 1 is 1.29 bits per heavy atom. The summed E-state index contributed by atoms with van der Waals surface area (Å²) in [5, 5.41) is 8.56. The molecule has 0 bridgehead atoms. The van der Waals surface area contributed by atoms with E-state index in [4.69, 9.17) is 5.73 Å². The molecule has 0 atom stereocenters. The van der Waals surface area contributed by atoms with Crippen LogP contribution in [0, 0.1) is 12.7 Å². The Bertz CT molecular complexity index is 447. The fraction of sp³-hybridized carbons (Fsp3) is 0.111. The van der Waals surface area contributed by atoms with Crippen molar-refractivity contribution in [3.8, 4) is 10.6 Å². The quantitative estimate of drug-likeness (QED) is 0.783. The molecule has 1 aromatic carbocycles. The van der Waals surface area contributed by atoms with Gasteiger partial charge in [0, 0.05) is 5.56 Å². The van der Waals surface area contributed by atoms with Crippen LogP contribution in [0.3, 0.4) is 0 Å². The second kappa shape index (κ2) is 3.34. The number of rotatable bonds is 1. The molecule has 3 nitrogen and oxygen atoms in total. The third kappa shape index (κ3) is 1.72. The van der Waals surface area contributed by atoms with Crippen molar-refractivity contribution in [1.82, 2.24) is 10.2 Å². The van der Waals surface area contributed by atoms with E-state index in [1.807, 2.05) is 13.0 Å². The molecule has 0 unspecified atom stereocenters. The maximum Gasteiger partial charge on any atom is 0.203 e. The normalized spacial score (nSPS) is 10.4. The minimum absolute atomic E-state index is 0.270. The van der Waals surface area contributed by atoms with Gasteiger partial charge in [0.25, 0.3) is 0 Å². The largest absolute Gasteiger partial charge is 0.374 e. The number of nitrogens with zero attached hydrogens (tertiary/aromatic N) is 2. The first-order chi connectivity index (χ1) is 6.65. The molecule has 0 fully saturated rings. The van der Waals surface area contributed by atoms with Gasteiger partial charge in [-0.05, 0) is 30.7 Å². The number of hydrogen-bond donors (Lipinski definition) is 1. The number of benzene rings is 1. The predicted octanol–water partition coefficient (Wildman–Crippen LogP) is 2.23. The van der Waals surface area contributed by atoms with E-state index < -0.39 is 0 Å². The first-order valence-electron chi connectivity index (χ1n) is 4.02. The zero-order valence-electron chi connectivity index (χ0n) is 7.49. The van der Waals surface area contributed by atoms with Gasteiger partial charge in [0.05, 0.1) is 0 Å². The number of aromatic nitrogens is 2. The number of aryl methyl sites for hydroxylation is 1. The van der Waals surface area contributed by atoms with Gasteiger partial charge in [-0.2, -0.15) is 0 Å². The number of halogens is 1. The summed E-state index contributed by atoms with van der Waals surface area (Å²) < 4.78 is 13.0. The second-order valence-corrected chi connectivity index (χ2v) is 3.97. The highest BCUT2D eigenvalue weighted by Crippen LogP contribution is 2.25. The van der Waals surface area contributed by atoms with Crippen molar-refractivity contribution in [3.05, 3.63) is 29.6 Å². The maximum atomic E-state index is 13.0. The Kier molecular flexibility index (Phi) is 2.17. The fourth-order valence-corrected chi connectivity index (χ4v) is 1.81. The summed E-state index contributed by atoms with van der Waals surface area (Å²) in [4.78, 5) is 0. The van der Waals surface area contributed by atoms with Gasteiger partial charge in [0.1, 0.15) is 10.8 Å². The topological polar surface area (TPSA) is 51.8 Å². The van der Waals surface area contributed by atoms with Crippen molar-refractivity contribution in [1.29, 1.82) is 0 Å². The van der Waals surface area contributed by atoms with Crippen molar-refractivity contribution in [3.63, 3.8) is 0 Å². The van der Waals surface area contributed by atoms with Gasteiger partial charge in [-0.25, -0.2) is 4.39 Å². The van der Waals surface area contributed by atoms with E-state index in [1.54, 1.807) is 0 Å². The lowest BCUT2D eigenvalue weighted by atomic mass is 10.1. The molecule has 5 heteroatoms. The molecule has 0 aliphatic heterocycles. The van der Waals surface area contributed by atoms with Crippen molar-refractivity contribution < 1.29 is 4.39 Å². The van der Waals surface area contributed by atoms with Crippen LogP contribution in [-0.4, -0.2) is 10.2 Å². The molecule has 0 aliphatic carbocycles. The van der Waals surface area contributed by atoms with Crippen molar-refractivity contribution in [2.75, 3.05) is 5.73 Å². The van der Waals surface area contributed by atoms with Crippen molar-refractivity contribution in [2.45, 2.75) is 6.92 Å². The van der Waals surface area contributed by atoms with Gasteiger partial charge in [-0.15, -0.1) is 10.2 Å². The molecule has 2 N–H and O–H groups in total. The second-order valence-electron chi connectivity index (χ2n) is 2.96. The average molecular weight is 209 g/mol. The Labute approximate surface area is 84.4 Å². The summed E-state index contributed by atoms with van der Waals surface area (Å²) in [6.45, 7) is 1.83. The van der Waals surface area contributed by atoms with Gasteiger partial charge in [-0.1, -0.05) is 11.3 Å². The maximum absolute atomic E-state index is 13.0. The molecule has 0 saturated heterocycles. The molecule has 1 heterocycles. The predicted molar refractivity (Wildman–Crippen MR) is 54.5 cm³/mol. The lowest BCUT2D eigenvalue weighted by Gasteiger charge is -1.97. The smallest absolute Gasteiger partial charge is 0.203 e. The van der Waals surface area contributed by atoms with E-state index in [9.17, 15) is 4.39 Å². The molecule has 1 aromatic heterocycles. The number of nitrogen functional groups attached to an aromatic ring is 1. The van der Waals surface area contributed by atoms with E-state index in [0.29, 0.717) is 10.1 Å². The van der Waals surface area contributed by atoms with Crippen LogP contribution in [-0.2, 0) is 0 Å². The number of hydrogen-bond acceptors (Lipinski definition) is 4. The van der Waals surface area contributed by atoms with E-state index in [-0.39, 0.29) is 5.82 Å². The van der Waals surface area contributed by atoms with E-state index in [0.717, 1.165) is 11.1 Å². The number of anilines is 1. The summed E-state index contributed by atoms with van der Waals surface area (Å²) in [7, 11) is 0. The minimum Gasteiger partial charge on any atom is -0.374 e. The molecule has 14 heavy (non-hydrogen) atoms. The molecule has 72 valence electrons. The standard InChI is InChI=1S/C9H8FN3S/c1-5-2-6(4-7(10)3-5)8-12-13-9(11)14-8/h2-4H,1H3,(H2,11,13). The van der Waals surface area contributed by atoms with Gasteiger partial charge < -0.3 is 5.73 Å². The molecular weight excluding hydrogens is 201 g/mol. The van der Waals surface area contributed by atoms with Crippen LogP contribution in [0.5, 0.6) is 0 Å². The van der Waals surface area contributed by atoms with Gasteiger partial charge in [0.2, 0.25) is 5.13 Å². The fourth-order valence-electron chi connectivity index (χ4n) is 1.21. The van der Waals surface area contributed by atoms with Crippen LogP contribution in [0.15, 0.2) is 18.2 Å². The Morgan fingerprint density at radius 2 is 2.07 bits per heavy atom. The van der Waals surface area contributed by atoms with E-state index in [1.165, 1.54) is 23.5 Å². The molecule has 2 rings (SSSR count). The summed E-state index contributed by atoms with van der Waals surface area (Å²) >= 11 is 1.25. The van der Waals surface area contributed by atoms with Crippen molar-refractivity contribution >= 4 is 16.5 Å². The summed E-state index contributed by atoms with van der Waals surface area (Å²) in [6, 6.07) is 4.74. The van der Waals surface area contributed by atoms with Crippen LogP contribution in [0.25, 0.3) is 10.6 Å². The van der Waals surface area contributed by atoms with Crippen LogP contribution in [0.4, 0.5) is 9.52 Å². The van der Waals surface area contributed by atoms with E-state index in [2.05, 4.69) is 10.2 Å². The van der Waals surface area contributed by atoms with Crippen molar-refractivity contribution in [2.24, 2.45) is 0 Å². The zero-order valence-corrected chi connectivity index (χ0v) is 8.31. The highest BCUT2D eigenvalue weighted by molar-refractivity contribution is 7.18. The lowest BCUT2D eigenvalue weighted by Crippen LogP contribution is -1.82. The first kappa shape index (κ1) is 9.08. The third-order valence-electron chi connectivity index (χ3n) is 1.73. The summed E-state index contributed by atoms with van der Waals surface area (Å²) in [6.07, 6.45) is 0. The zero-order chi connectivity index (χ0) is 10.1. The summed E-state index contributed by atoms with van der Waals surface area (Å²) in [5.41, 5.74) is 7.02. The number of nitrogens with two attached hydrogens (primary N) is 1. The Morgan fingerprint density at radius 3 is 2.64 bits per heavy atom. The van der Waals surface area contributed by atoms with Gasteiger partial charge in [-0.3, -0.25) is 0 Å². The Hall–Kier alpha value is -1.49. The highest BCUT2D eigenvalue weighted by Gasteiger charge is 2.06. The van der Waals surface area contributed by atoms with E-state index >= 15 is 0 Å². The first-order valence-corrected chi connectivity index (χ1v) is 4.83. The van der Waals surface area contributed by atoms with Crippen LogP contribution < -0.4 is 5.73 Å². The molecule has 0 spiro atoms. The summed E-state index contributed by atoms with van der Waals surface area (Å²) in [5.74, 6) is -0.270. The van der Waals surface area contributed by atoms with Crippen LogP contribution in [0.2, 0.25) is 0 Å². The molecule has 0 aliphatic rings. The Balaban J connectivity index is 2.51. The van der Waals surface area contributed by atoms with Crippen LogP contribution in [0.1, 0.15) is 5.56 Å². The van der Waals surface area contributed by atoms with Gasteiger partial charge in [0.15, 0.2) is 0 Å². The van der Waals surface area contributed by atoms with Gasteiger partial charge >= 0.3 is 0 Å². The molecule has 2 aromatic rings. The lowest BCUT2D eigenvalue weighted by molar-refractivity contribution is 0.627.